The number of anilines is 2. The molecule has 8 heteroatoms. The fourth-order valence-corrected chi connectivity index (χ4v) is 4.48. The number of carbonyl (C=O) groups excluding carboxylic acids is 2. The van der Waals surface area contributed by atoms with Crippen molar-refractivity contribution in [3.05, 3.63) is 82.4 Å². The Morgan fingerprint density at radius 1 is 0.919 bits per heavy atom. The lowest BCUT2D eigenvalue weighted by molar-refractivity contribution is 0.101. The zero-order valence-electron chi connectivity index (χ0n) is 21.2. The van der Waals surface area contributed by atoms with Crippen LogP contribution in [0, 0.1) is 25.7 Å². The molecule has 37 heavy (non-hydrogen) atoms. The number of amides is 1. The van der Waals surface area contributed by atoms with Gasteiger partial charge in [-0.3, -0.25) is 14.0 Å². The third-order valence-corrected chi connectivity index (χ3v) is 6.58. The van der Waals surface area contributed by atoms with Gasteiger partial charge < -0.3 is 10.2 Å². The summed E-state index contributed by atoms with van der Waals surface area (Å²) in [5.74, 6) is 7.28. The average molecular weight is 493 g/mol. The maximum atomic E-state index is 13.0. The van der Waals surface area contributed by atoms with E-state index in [0.717, 1.165) is 30.0 Å². The number of benzene rings is 1. The number of aryl methyl sites for hydroxylation is 2. The molecule has 1 saturated heterocycles. The van der Waals surface area contributed by atoms with E-state index in [1.165, 1.54) is 26.2 Å². The minimum atomic E-state index is -0.228. The molecule has 1 aliphatic heterocycles. The van der Waals surface area contributed by atoms with E-state index in [-0.39, 0.29) is 11.7 Å². The number of ketones is 1. The predicted molar refractivity (Wildman–Crippen MR) is 143 cm³/mol. The summed E-state index contributed by atoms with van der Waals surface area (Å²) in [5.41, 5.74) is 5.01. The molecule has 8 nitrogen and oxygen atoms in total. The van der Waals surface area contributed by atoms with E-state index in [0.29, 0.717) is 33.8 Å². The molecule has 0 radical (unpaired) electrons. The molecule has 0 saturated carbocycles. The molecule has 0 unspecified atom stereocenters. The number of hydrogen-bond donors (Lipinski definition) is 1. The largest absolute Gasteiger partial charge is 0.356 e. The van der Waals surface area contributed by atoms with Gasteiger partial charge >= 0.3 is 0 Å². The van der Waals surface area contributed by atoms with E-state index < -0.39 is 0 Å². The number of hydrogen-bond acceptors (Lipinski definition) is 6. The minimum Gasteiger partial charge on any atom is -0.356 e. The topological polar surface area (TPSA) is 92.5 Å². The van der Waals surface area contributed by atoms with Crippen LogP contribution in [0.3, 0.4) is 0 Å². The van der Waals surface area contributed by atoms with Gasteiger partial charge in [0.15, 0.2) is 11.4 Å². The molecule has 1 amide bonds. The minimum absolute atomic E-state index is 0.0457. The molecular weight excluding hydrogens is 464 g/mol. The van der Waals surface area contributed by atoms with E-state index in [4.69, 9.17) is 0 Å². The lowest BCUT2D eigenvalue weighted by atomic mass is 10.0. The number of pyridine rings is 2. The fraction of sp³-hybridized carbons (Fsp3) is 0.276. The van der Waals surface area contributed by atoms with E-state index >= 15 is 0 Å². The van der Waals surface area contributed by atoms with Crippen LogP contribution in [0.2, 0.25) is 0 Å². The van der Waals surface area contributed by atoms with Crippen LogP contribution in [0.1, 0.15) is 69.4 Å². The molecule has 0 atom stereocenters. The van der Waals surface area contributed by atoms with Crippen molar-refractivity contribution in [2.45, 2.75) is 40.0 Å². The second-order valence-electron chi connectivity index (χ2n) is 9.37. The van der Waals surface area contributed by atoms with Gasteiger partial charge in [0.05, 0.1) is 11.9 Å². The first-order valence-electron chi connectivity index (χ1n) is 12.4. The van der Waals surface area contributed by atoms with Crippen LogP contribution in [0.25, 0.3) is 5.65 Å². The number of piperidine rings is 1. The maximum Gasteiger partial charge on any atom is 0.255 e. The number of carbonyl (C=O) groups is 2. The number of nitrogens with zero attached hydrogens (tertiary/aromatic N) is 5. The van der Waals surface area contributed by atoms with Gasteiger partial charge in [-0.25, -0.2) is 4.98 Å². The first-order chi connectivity index (χ1) is 17.9. The second kappa shape index (κ2) is 10.2. The quantitative estimate of drug-likeness (QED) is 0.331. The van der Waals surface area contributed by atoms with Crippen LogP contribution in [0.4, 0.5) is 11.5 Å². The van der Waals surface area contributed by atoms with Crippen molar-refractivity contribution in [1.29, 1.82) is 0 Å². The lowest BCUT2D eigenvalue weighted by Gasteiger charge is -2.29. The zero-order chi connectivity index (χ0) is 25.9. The standard InChI is InChI=1S/C29H28N6O2/c1-19-7-8-23(29(37)31-25-15-20(2)28(30-17-25)34-13-5-4-6-14-34)16-22(19)9-11-26-32-33-27-12-10-24(21(3)36)18-35(26)27/h7-8,10,12,15-18H,4-6,13-14H2,1-3H3,(H,31,37). The van der Waals surface area contributed by atoms with Crippen molar-refractivity contribution in [3.63, 3.8) is 0 Å². The maximum absolute atomic E-state index is 13.0. The SMILES string of the molecule is CC(=O)c1ccc2nnc(C#Cc3cc(C(=O)Nc4cnc(N5CCCCC5)c(C)c4)ccc3C)n2c1. The van der Waals surface area contributed by atoms with Gasteiger partial charge in [0.2, 0.25) is 5.82 Å². The Hall–Kier alpha value is -4.51. The van der Waals surface area contributed by atoms with E-state index in [9.17, 15) is 9.59 Å². The normalized spacial score (nSPS) is 13.2. The van der Waals surface area contributed by atoms with Crippen molar-refractivity contribution >= 4 is 28.8 Å². The Labute approximate surface area is 215 Å². The highest BCUT2D eigenvalue weighted by Crippen LogP contribution is 2.24. The fourth-order valence-electron chi connectivity index (χ4n) is 4.48. The molecule has 4 heterocycles. The van der Waals surface area contributed by atoms with E-state index in [1.54, 1.807) is 41.1 Å². The summed E-state index contributed by atoms with van der Waals surface area (Å²) in [6.45, 7) is 7.52. The highest BCUT2D eigenvalue weighted by Gasteiger charge is 2.15. The molecule has 4 aromatic rings. The van der Waals surface area contributed by atoms with Gasteiger partial charge in [-0.05, 0) is 87.4 Å². The smallest absolute Gasteiger partial charge is 0.255 e. The van der Waals surface area contributed by atoms with Crippen LogP contribution in [0.15, 0.2) is 48.8 Å². The number of aromatic nitrogens is 4. The Kier molecular flexibility index (Phi) is 6.69. The highest BCUT2D eigenvalue weighted by molar-refractivity contribution is 6.04. The average Bonchev–Trinajstić information content (AvgIpc) is 3.31. The van der Waals surface area contributed by atoms with Gasteiger partial charge in [0.1, 0.15) is 5.82 Å². The van der Waals surface area contributed by atoms with Gasteiger partial charge in [-0.1, -0.05) is 12.0 Å². The summed E-state index contributed by atoms with van der Waals surface area (Å²) in [5, 5.41) is 11.2. The molecule has 5 rings (SSSR count). The van der Waals surface area contributed by atoms with E-state index in [2.05, 4.69) is 37.2 Å². The molecule has 0 bridgehead atoms. The summed E-state index contributed by atoms with van der Waals surface area (Å²) in [6.07, 6.45) is 7.04. The Morgan fingerprint density at radius 3 is 2.46 bits per heavy atom. The number of fused-ring (bicyclic) bond motifs is 1. The van der Waals surface area contributed by atoms with Crippen molar-refractivity contribution in [1.82, 2.24) is 19.6 Å². The van der Waals surface area contributed by atoms with Gasteiger partial charge in [-0.15, -0.1) is 10.2 Å². The second-order valence-corrected chi connectivity index (χ2v) is 9.37. The third-order valence-electron chi connectivity index (χ3n) is 6.58. The van der Waals surface area contributed by atoms with Crippen molar-refractivity contribution in [2.24, 2.45) is 0 Å². The molecule has 1 N–H and O–H groups in total. The van der Waals surface area contributed by atoms with Gasteiger partial charge in [0.25, 0.3) is 5.91 Å². The molecule has 1 aromatic carbocycles. The zero-order valence-corrected chi connectivity index (χ0v) is 21.2. The summed E-state index contributed by atoms with van der Waals surface area (Å²) in [7, 11) is 0. The van der Waals surface area contributed by atoms with E-state index in [1.807, 2.05) is 26.0 Å². The van der Waals surface area contributed by atoms with Gasteiger partial charge in [0, 0.05) is 36.0 Å². The summed E-state index contributed by atoms with van der Waals surface area (Å²) in [6, 6.07) is 10.8. The number of rotatable bonds is 4. The lowest BCUT2D eigenvalue weighted by Crippen LogP contribution is -2.30. The Bertz CT molecular complexity index is 1570. The van der Waals surface area contributed by atoms with Crippen molar-refractivity contribution < 1.29 is 9.59 Å². The van der Waals surface area contributed by atoms with Crippen LogP contribution < -0.4 is 10.2 Å². The molecular formula is C29H28N6O2. The summed E-state index contributed by atoms with van der Waals surface area (Å²) >= 11 is 0. The molecule has 0 aliphatic carbocycles. The summed E-state index contributed by atoms with van der Waals surface area (Å²) in [4.78, 5) is 31.7. The Morgan fingerprint density at radius 2 is 1.70 bits per heavy atom. The highest BCUT2D eigenvalue weighted by atomic mass is 16.1. The first kappa shape index (κ1) is 24.2. The van der Waals surface area contributed by atoms with Crippen LogP contribution >= 0.6 is 0 Å². The third kappa shape index (κ3) is 5.21. The molecule has 3 aromatic heterocycles. The van der Waals surface area contributed by atoms with Crippen LogP contribution in [0.5, 0.6) is 0 Å². The first-order valence-corrected chi connectivity index (χ1v) is 12.4. The molecule has 1 aliphatic rings. The summed E-state index contributed by atoms with van der Waals surface area (Å²) < 4.78 is 1.69. The number of nitrogens with one attached hydrogen (secondary N) is 1. The molecule has 186 valence electrons. The predicted octanol–water partition coefficient (Wildman–Crippen LogP) is 4.59. The molecule has 1 fully saturated rings. The van der Waals surface area contributed by atoms with Crippen LogP contribution in [-0.4, -0.2) is 44.4 Å². The Balaban J connectivity index is 1.36. The molecule has 0 spiro atoms. The van der Waals surface area contributed by atoms with Crippen molar-refractivity contribution in [3.8, 4) is 11.8 Å². The monoisotopic (exact) mass is 492 g/mol. The van der Waals surface area contributed by atoms with Gasteiger partial charge in [-0.2, -0.15) is 0 Å². The van der Waals surface area contributed by atoms with Crippen LogP contribution in [-0.2, 0) is 0 Å². The number of Topliss-reactive ketones (excluding diaryl/α,β-unsaturated/α-hetero) is 1. The van der Waals surface area contributed by atoms with Crippen molar-refractivity contribution in [2.75, 3.05) is 23.3 Å².